The summed E-state index contributed by atoms with van der Waals surface area (Å²) >= 11 is 0. The van der Waals surface area contributed by atoms with Crippen LogP contribution < -0.4 is 10.6 Å². The van der Waals surface area contributed by atoms with Gasteiger partial charge in [-0.2, -0.15) is 18.2 Å². The first kappa shape index (κ1) is 12.9. The van der Waals surface area contributed by atoms with Crippen molar-refractivity contribution in [1.29, 1.82) is 0 Å². The number of halogens is 3. The standard InChI is InChI=1S/C11H15F3N4/c1-6-3-7(2)18(5-6)9-4-8(11(12,13)14)16-10(15)17-9/h4,6-7H,3,5H2,1-2H3,(H2,15,16,17). The molecule has 100 valence electrons. The third kappa shape index (κ3) is 2.49. The molecule has 1 saturated heterocycles. The van der Waals surface area contributed by atoms with Crippen LogP contribution in [0.5, 0.6) is 0 Å². The van der Waals surface area contributed by atoms with Gasteiger partial charge in [0.2, 0.25) is 5.95 Å². The predicted molar refractivity (Wildman–Crippen MR) is 62.0 cm³/mol. The highest BCUT2D eigenvalue weighted by atomic mass is 19.4. The molecule has 2 rings (SSSR count). The molecule has 0 saturated carbocycles. The Labute approximate surface area is 103 Å². The van der Waals surface area contributed by atoms with Crippen LogP contribution in [0.4, 0.5) is 24.9 Å². The van der Waals surface area contributed by atoms with Crippen LogP contribution in [-0.4, -0.2) is 22.6 Å². The van der Waals surface area contributed by atoms with E-state index in [2.05, 4.69) is 16.9 Å². The molecule has 4 nitrogen and oxygen atoms in total. The first-order valence-corrected chi connectivity index (χ1v) is 5.75. The molecule has 0 radical (unpaired) electrons. The minimum Gasteiger partial charge on any atom is -0.368 e. The van der Waals surface area contributed by atoms with Gasteiger partial charge in [-0.1, -0.05) is 6.92 Å². The molecular formula is C11H15F3N4. The summed E-state index contributed by atoms with van der Waals surface area (Å²) in [7, 11) is 0. The summed E-state index contributed by atoms with van der Waals surface area (Å²) in [6.07, 6.45) is -3.56. The molecule has 7 heteroatoms. The van der Waals surface area contributed by atoms with Crippen molar-refractivity contribution in [3.63, 3.8) is 0 Å². The Morgan fingerprint density at radius 2 is 2.00 bits per heavy atom. The first-order valence-electron chi connectivity index (χ1n) is 5.75. The van der Waals surface area contributed by atoms with Gasteiger partial charge in [0.1, 0.15) is 5.82 Å². The summed E-state index contributed by atoms with van der Waals surface area (Å²) < 4.78 is 37.9. The van der Waals surface area contributed by atoms with Gasteiger partial charge in [-0.05, 0) is 19.3 Å². The fraction of sp³-hybridized carbons (Fsp3) is 0.636. The van der Waals surface area contributed by atoms with Crippen LogP contribution in [0.3, 0.4) is 0 Å². The molecule has 2 N–H and O–H groups in total. The maximum Gasteiger partial charge on any atom is 0.433 e. The lowest BCUT2D eigenvalue weighted by atomic mass is 10.1. The molecule has 0 amide bonds. The van der Waals surface area contributed by atoms with Gasteiger partial charge < -0.3 is 10.6 Å². The van der Waals surface area contributed by atoms with Crippen LogP contribution in [0, 0.1) is 5.92 Å². The molecule has 0 aromatic carbocycles. The molecule has 1 aromatic rings. The van der Waals surface area contributed by atoms with Crippen molar-refractivity contribution in [2.75, 3.05) is 17.2 Å². The van der Waals surface area contributed by atoms with E-state index < -0.39 is 11.9 Å². The van der Waals surface area contributed by atoms with Crippen LogP contribution in [0.1, 0.15) is 26.0 Å². The SMILES string of the molecule is CC1CC(C)N(c2cc(C(F)(F)F)nc(N)n2)C1. The summed E-state index contributed by atoms with van der Waals surface area (Å²) in [6, 6.07) is 1.13. The van der Waals surface area contributed by atoms with Gasteiger partial charge in [-0.3, -0.25) is 0 Å². The molecule has 2 heterocycles. The molecule has 2 unspecified atom stereocenters. The van der Waals surface area contributed by atoms with Crippen molar-refractivity contribution in [1.82, 2.24) is 9.97 Å². The third-order valence-electron chi connectivity index (χ3n) is 3.10. The number of nitrogens with two attached hydrogens (primary N) is 1. The fourth-order valence-electron chi connectivity index (χ4n) is 2.36. The van der Waals surface area contributed by atoms with Gasteiger partial charge in [-0.25, -0.2) is 4.98 Å². The van der Waals surface area contributed by atoms with Crippen LogP contribution in [0.25, 0.3) is 0 Å². The van der Waals surface area contributed by atoms with E-state index in [4.69, 9.17) is 5.73 Å². The maximum absolute atomic E-state index is 12.6. The molecular weight excluding hydrogens is 245 g/mol. The minimum absolute atomic E-state index is 0.162. The number of anilines is 2. The molecule has 1 aliphatic rings. The number of nitrogens with zero attached hydrogens (tertiary/aromatic N) is 3. The lowest BCUT2D eigenvalue weighted by molar-refractivity contribution is -0.141. The van der Waals surface area contributed by atoms with Crippen molar-refractivity contribution in [3.05, 3.63) is 11.8 Å². The van der Waals surface area contributed by atoms with E-state index in [1.54, 1.807) is 0 Å². The highest BCUT2D eigenvalue weighted by Gasteiger charge is 2.35. The zero-order chi connectivity index (χ0) is 13.5. The summed E-state index contributed by atoms with van der Waals surface area (Å²) in [4.78, 5) is 8.99. The van der Waals surface area contributed by atoms with Crippen molar-refractivity contribution >= 4 is 11.8 Å². The van der Waals surface area contributed by atoms with Crippen molar-refractivity contribution < 1.29 is 13.2 Å². The lowest BCUT2D eigenvalue weighted by Crippen LogP contribution is -2.28. The number of aromatic nitrogens is 2. The van der Waals surface area contributed by atoms with Gasteiger partial charge in [0, 0.05) is 18.7 Å². The van der Waals surface area contributed by atoms with Crippen molar-refractivity contribution in [2.45, 2.75) is 32.5 Å². The summed E-state index contributed by atoms with van der Waals surface area (Å²) in [5.74, 6) is 0.351. The predicted octanol–water partition coefficient (Wildman–Crippen LogP) is 2.31. The average Bonchev–Trinajstić information content (AvgIpc) is 2.55. The van der Waals surface area contributed by atoms with Crippen LogP contribution in [0.2, 0.25) is 0 Å². The molecule has 1 aromatic heterocycles. The monoisotopic (exact) mass is 260 g/mol. The summed E-state index contributed by atoms with van der Waals surface area (Å²) in [5, 5.41) is 0. The topological polar surface area (TPSA) is 55.0 Å². The van der Waals surface area contributed by atoms with Gasteiger partial charge in [-0.15, -0.1) is 0 Å². The minimum atomic E-state index is -4.50. The van der Waals surface area contributed by atoms with Crippen LogP contribution in [-0.2, 0) is 6.18 Å². The van der Waals surface area contributed by atoms with E-state index in [1.165, 1.54) is 0 Å². The quantitative estimate of drug-likeness (QED) is 0.841. The Kier molecular flexibility index (Phi) is 3.08. The van der Waals surface area contributed by atoms with Gasteiger partial charge in [0.25, 0.3) is 0 Å². The van der Waals surface area contributed by atoms with Gasteiger partial charge in [0.15, 0.2) is 5.69 Å². The average molecular weight is 260 g/mol. The Morgan fingerprint density at radius 3 is 2.50 bits per heavy atom. The molecule has 0 bridgehead atoms. The van der Waals surface area contributed by atoms with Crippen molar-refractivity contribution in [3.8, 4) is 0 Å². The first-order chi connectivity index (χ1) is 8.27. The Balaban J connectivity index is 2.37. The number of hydrogen-bond donors (Lipinski definition) is 1. The van der Waals surface area contributed by atoms with Gasteiger partial charge >= 0.3 is 6.18 Å². The fourth-order valence-corrected chi connectivity index (χ4v) is 2.36. The molecule has 0 spiro atoms. The highest BCUT2D eigenvalue weighted by molar-refractivity contribution is 5.46. The Hall–Kier alpha value is -1.53. The molecule has 0 aliphatic carbocycles. The largest absolute Gasteiger partial charge is 0.433 e. The Bertz CT molecular complexity index is 446. The van der Waals surface area contributed by atoms with Crippen molar-refractivity contribution in [2.24, 2.45) is 5.92 Å². The normalized spacial score (nSPS) is 24.6. The second-order valence-corrected chi connectivity index (χ2v) is 4.81. The number of alkyl halides is 3. The zero-order valence-corrected chi connectivity index (χ0v) is 10.2. The van der Waals surface area contributed by atoms with Gasteiger partial charge in [0.05, 0.1) is 0 Å². The lowest BCUT2D eigenvalue weighted by Gasteiger charge is -2.23. The summed E-state index contributed by atoms with van der Waals surface area (Å²) in [6.45, 7) is 4.72. The van der Waals surface area contributed by atoms with E-state index in [-0.39, 0.29) is 17.8 Å². The van der Waals surface area contributed by atoms with E-state index in [1.807, 2.05) is 11.8 Å². The molecule has 1 aliphatic heterocycles. The number of hydrogen-bond acceptors (Lipinski definition) is 4. The van der Waals surface area contributed by atoms with Crippen LogP contribution >= 0.6 is 0 Å². The molecule has 2 atom stereocenters. The smallest absolute Gasteiger partial charge is 0.368 e. The maximum atomic E-state index is 12.6. The second kappa shape index (κ2) is 4.29. The molecule has 18 heavy (non-hydrogen) atoms. The van der Waals surface area contributed by atoms with E-state index in [0.29, 0.717) is 12.5 Å². The van der Waals surface area contributed by atoms with E-state index in [0.717, 1.165) is 12.5 Å². The Morgan fingerprint density at radius 1 is 1.33 bits per heavy atom. The number of rotatable bonds is 1. The second-order valence-electron chi connectivity index (χ2n) is 4.81. The zero-order valence-electron chi connectivity index (χ0n) is 10.2. The third-order valence-corrected chi connectivity index (χ3v) is 3.10. The van der Waals surface area contributed by atoms with E-state index in [9.17, 15) is 13.2 Å². The number of nitrogen functional groups attached to an aromatic ring is 1. The van der Waals surface area contributed by atoms with E-state index >= 15 is 0 Å². The molecule has 1 fully saturated rings. The van der Waals surface area contributed by atoms with Crippen LogP contribution in [0.15, 0.2) is 6.07 Å². The summed E-state index contributed by atoms with van der Waals surface area (Å²) in [5.41, 5.74) is 4.37. The highest BCUT2D eigenvalue weighted by Crippen LogP contribution is 2.33.